The quantitative estimate of drug-likeness (QED) is 0.798. The zero-order chi connectivity index (χ0) is 14.1. The summed E-state index contributed by atoms with van der Waals surface area (Å²) in [5.74, 6) is 0. The summed E-state index contributed by atoms with van der Waals surface area (Å²) in [6.45, 7) is 8.39. The van der Waals surface area contributed by atoms with E-state index >= 15 is 0 Å². The molecule has 1 aliphatic heterocycles. The molecule has 1 saturated heterocycles. The largest absolute Gasteiger partial charge is 0.313 e. The van der Waals surface area contributed by atoms with Gasteiger partial charge in [0.05, 0.1) is 5.52 Å². The molecule has 20 heavy (non-hydrogen) atoms. The van der Waals surface area contributed by atoms with Crippen molar-refractivity contribution in [3.8, 4) is 0 Å². The van der Waals surface area contributed by atoms with Crippen LogP contribution in [0.5, 0.6) is 0 Å². The first-order valence-electron chi connectivity index (χ1n) is 7.50. The second-order valence-corrected chi connectivity index (χ2v) is 7.23. The molecule has 2 aliphatic rings. The summed E-state index contributed by atoms with van der Waals surface area (Å²) in [5, 5.41) is 12.2. The van der Waals surface area contributed by atoms with Crippen molar-refractivity contribution in [2.24, 2.45) is 12.5 Å². The molecule has 1 aliphatic carbocycles. The number of fused-ring (bicyclic) bond motifs is 5. The average Bonchev–Trinajstić information content (AvgIpc) is 2.73. The second kappa shape index (κ2) is 3.61. The van der Waals surface area contributed by atoms with Crippen molar-refractivity contribution in [1.29, 1.82) is 0 Å². The van der Waals surface area contributed by atoms with E-state index in [4.69, 9.17) is 0 Å². The van der Waals surface area contributed by atoms with Crippen LogP contribution in [0.4, 0.5) is 0 Å². The van der Waals surface area contributed by atoms with E-state index in [-0.39, 0.29) is 10.8 Å². The number of piperidine rings is 1. The van der Waals surface area contributed by atoms with E-state index in [0.29, 0.717) is 6.04 Å². The molecule has 1 aromatic heterocycles. The van der Waals surface area contributed by atoms with Gasteiger partial charge in [0.2, 0.25) is 0 Å². The molecule has 0 saturated carbocycles. The minimum atomic E-state index is 0.231. The van der Waals surface area contributed by atoms with E-state index < -0.39 is 0 Å². The van der Waals surface area contributed by atoms with E-state index in [0.717, 1.165) is 24.0 Å². The van der Waals surface area contributed by atoms with Gasteiger partial charge in [-0.1, -0.05) is 26.0 Å². The van der Waals surface area contributed by atoms with Crippen LogP contribution in [0, 0.1) is 5.41 Å². The molecule has 2 atom stereocenters. The van der Waals surface area contributed by atoms with Crippen molar-refractivity contribution in [3.63, 3.8) is 0 Å². The van der Waals surface area contributed by atoms with E-state index in [1.807, 2.05) is 11.7 Å². The van der Waals surface area contributed by atoms with Crippen LogP contribution in [0.1, 0.15) is 38.3 Å². The summed E-state index contributed by atoms with van der Waals surface area (Å²) in [6, 6.07) is 5.15. The predicted octanol–water partition coefficient (Wildman–Crippen LogP) is 2.17. The minimum absolute atomic E-state index is 0.231. The van der Waals surface area contributed by atoms with Crippen LogP contribution < -0.4 is 5.32 Å². The Kier molecular flexibility index (Phi) is 2.23. The van der Waals surface area contributed by atoms with Crippen molar-refractivity contribution in [2.75, 3.05) is 6.54 Å². The molecule has 2 heterocycles. The zero-order valence-corrected chi connectivity index (χ0v) is 12.7. The molecule has 2 bridgehead atoms. The third-order valence-electron chi connectivity index (χ3n) is 6.16. The molecule has 1 N–H and O–H groups in total. The molecule has 106 valence electrons. The Hall–Kier alpha value is -1.42. The number of hydrogen-bond acceptors (Lipinski definition) is 3. The maximum Gasteiger partial charge on any atom is 0.113 e. The molecular weight excluding hydrogens is 248 g/mol. The van der Waals surface area contributed by atoms with Gasteiger partial charge in [-0.2, -0.15) is 0 Å². The Morgan fingerprint density at radius 2 is 2.10 bits per heavy atom. The number of nitrogens with zero attached hydrogens (tertiary/aromatic N) is 3. The summed E-state index contributed by atoms with van der Waals surface area (Å²) in [7, 11) is 1.98. The SMILES string of the molecule is Cn1nnc2cc3c(cc21)[C@]1(C)CCN[C@H](C3)C1(C)C. The molecule has 0 unspecified atom stereocenters. The van der Waals surface area contributed by atoms with Crippen LogP contribution in [0.15, 0.2) is 12.1 Å². The summed E-state index contributed by atoms with van der Waals surface area (Å²) < 4.78 is 1.89. The molecule has 2 aromatic rings. The monoisotopic (exact) mass is 270 g/mol. The van der Waals surface area contributed by atoms with Gasteiger partial charge in [-0.25, -0.2) is 4.68 Å². The van der Waals surface area contributed by atoms with E-state index in [1.165, 1.54) is 17.5 Å². The van der Waals surface area contributed by atoms with Crippen molar-refractivity contribution in [3.05, 3.63) is 23.3 Å². The number of hydrogen-bond donors (Lipinski definition) is 1. The number of aromatic nitrogens is 3. The second-order valence-electron chi connectivity index (χ2n) is 7.23. The number of aryl methyl sites for hydroxylation is 1. The van der Waals surface area contributed by atoms with E-state index in [9.17, 15) is 0 Å². The van der Waals surface area contributed by atoms with Gasteiger partial charge in [0.1, 0.15) is 5.52 Å². The van der Waals surface area contributed by atoms with E-state index in [2.05, 4.69) is 48.5 Å². The summed E-state index contributed by atoms with van der Waals surface area (Å²) >= 11 is 0. The summed E-state index contributed by atoms with van der Waals surface area (Å²) in [4.78, 5) is 0. The van der Waals surface area contributed by atoms with Crippen LogP contribution in [-0.4, -0.2) is 27.6 Å². The zero-order valence-electron chi connectivity index (χ0n) is 12.7. The summed E-state index contributed by atoms with van der Waals surface area (Å²) in [5.41, 5.74) is 5.65. The summed E-state index contributed by atoms with van der Waals surface area (Å²) in [6.07, 6.45) is 2.30. The average molecular weight is 270 g/mol. The topological polar surface area (TPSA) is 42.7 Å². The highest BCUT2D eigenvalue weighted by atomic mass is 15.4. The molecule has 4 rings (SSSR count). The number of benzene rings is 1. The van der Waals surface area contributed by atoms with E-state index in [1.54, 1.807) is 0 Å². The Bertz CT molecular complexity index is 700. The molecule has 0 amide bonds. The van der Waals surface area contributed by atoms with Gasteiger partial charge in [-0.15, -0.1) is 5.10 Å². The van der Waals surface area contributed by atoms with Gasteiger partial charge >= 0.3 is 0 Å². The Morgan fingerprint density at radius 1 is 1.30 bits per heavy atom. The van der Waals surface area contributed by atoms with Gasteiger partial charge in [-0.05, 0) is 48.1 Å². The van der Waals surface area contributed by atoms with Gasteiger partial charge < -0.3 is 5.32 Å². The lowest BCUT2D eigenvalue weighted by Gasteiger charge is -2.57. The van der Waals surface area contributed by atoms with Gasteiger partial charge in [0.15, 0.2) is 0 Å². The van der Waals surface area contributed by atoms with Gasteiger partial charge in [0.25, 0.3) is 0 Å². The highest BCUT2D eigenvalue weighted by molar-refractivity contribution is 5.77. The van der Waals surface area contributed by atoms with Crippen molar-refractivity contribution < 1.29 is 0 Å². The fourth-order valence-electron chi connectivity index (χ4n) is 4.29. The van der Waals surface area contributed by atoms with Crippen molar-refractivity contribution in [2.45, 2.75) is 45.1 Å². The van der Waals surface area contributed by atoms with Crippen LogP contribution >= 0.6 is 0 Å². The predicted molar refractivity (Wildman–Crippen MR) is 79.8 cm³/mol. The third kappa shape index (κ3) is 1.30. The van der Waals surface area contributed by atoms with Crippen LogP contribution in [-0.2, 0) is 18.9 Å². The van der Waals surface area contributed by atoms with Crippen LogP contribution in [0.3, 0.4) is 0 Å². The molecule has 1 fully saturated rings. The Morgan fingerprint density at radius 3 is 2.90 bits per heavy atom. The van der Waals surface area contributed by atoms with Crippen molar-refractivity contribution in [1.82, 2.24) is 20.3 Å². The minimum Gasteiger partial charge on any atom is -0.313 e. The third-order valence-corrected chi connectivity index (χ3v) is 6.16. The number of rotatable bonds is 0. The first kappa shape index (κ1) is 12.3. The Balaban J connectivity index is 2.03. The van der Waals surface area contributed by atoms with Crippen molar-refractivity contribution >= 4 is 11.0 Å². The fraction of sp³-hybridized carbons (Fsp3) is 0.625. The van der Waals surface area contributed by atoms with Crippen LogP contribution in [0.25, 0.3) is 11.0 Å². The maximum atomic E-state index is 4.27. The smallest absolute Gasteiger partial charge is 0.113 e. The lowest BCUT2D eigenvalue weighted by atomic mass is 9.51. The Labute approximate surface area is 119 Å². The molecule has 1 aromatic carbocycles. The lowest BCUT2D eigenvalue weighted by Crippen LogP contribution is -2.62. The molecule has 0 radical (unpaired) electrons. The number of nitrogens with one attached hydrogen (secondary N) is 1. The molecule has 0 spiro atoms. The highest BCUT2D eigenvalue weighted by Crippen LogP contribution is 2.54. The lowest BCUT2D eigenvalue weighted by molar-refractivity contribution is 0.0561. The van der Waals surface area contributed by atoms with Gasteiger partial charge in [0, 0.05) is 18.5 Å². The highest BCUT2D eigenvalue weighted by Gasteiger charge is 2.53. The molecule has 4 heteroatoms. The van der Waals surface area contributed by atoms with Gasteiger partial charge in [-0.3, -0.25) is 0 Å². The molecule has 4 nitrogen and oxygen atoms in total. The molecular formula is C16H22N4. The normalized spacial score (nSPS) is 31.3. The standard InChI is InChI=1S/C16H22N4/c1-15(2)14-8-10-7-12-13(20(4)19-18-12)9-11(10)16(15,3)5-6-17-14/h7,9,14,17H,5-6,8H2,1-4H3/t14-,16+/m1/s1. The first-order valence-corrected chi connectivity index (χ1v) is 7.50. The first-order chi connectivity index (χ1) is 9.43. The van der Waals surface area contributed by atoms with Crippen LogP contribution in [0.2, 0.25) is 0 Å². The fourth-order valence-corrected chi connectivity index (χ4v) is 4.29. The maximum absolute atomic E-state index is 4.27.